The minimum atomic E-state index is 1.12. The van der Waals surface area contributed by atoms with Gasteiger partial charge in [0.05, 0.1) is 5.00 Å². The van der Waals surface area contributed by atoms with Gasteiger partial charge in [-0.1, -0.05) is 42.5 Å². The summed E-state index contributed by atoms with van der Waals surface area (Å²) in [7, 11) is 0. The van der Waals surface area contributed by atoms with Crippen molar-refractivity contribution in [3.05, 3.63) is 72.1 Å². The second kappa shape index (κ2) is 5.07. The van der Waals surface area contributed by atoms with Gasteiger partial charge in [-0.2, -0.15) is 0 Å². The molecule has 0 saturated carbocycles. The van der Waals surface area contributed by atoms with E-state index < -0.39 is 0 Å². The van der Waals surface area contributed by atoms with Gasteiger partial charge in [0.2, 0.25) is 0 Å². The highest BCUT2D eigenvalue weighted by atomic mass is 32.1. The van der Waals surface area contributed by atoms with Crippen molar-refractivity contribution in [1.29, 1.82) is 0 Å². The zero-order valence-electron chi connectivity index (χ0n) is 9.84. The van der Waals surface area contributed by atoms with Crippen LogP contribution in [0.3, 0.4) is 0 Å². The molecule has 0 bridgehead atoms. The largest absolute Gasteiger partial charge is 0.347 e. The molecule has 18 heavy (non-hydrogen) atoms. The maximum Gasteiger partial charge on any atom is 0.0926 e. The number of hydrogen-bond acceptors (Lipinski definition) is 2. The molecule has 1 aromatic heterocycles. The maximum absolute atomic E-state index is 3.38. The van der Waals surface area contributed by atoms with Crippen LogP contribution in [-0.4, -0.2) is 0 Å². The highest BCUT2D eigenvalue weighted by Crippen LogP contribution is 2.24. The molecule has 1 nitrogen and oxygen atoms in total. The van der Waals surface area contributed by atoms with Crippen molar-refractivity contribution in [2.45, 2.75) is 0 Å². The average Bonchev–Trinajstić information content (AvgIpc) is 2.94. The summed E-state index contributed by atoms with van der Waals surface area (Å²) in [5, 5.41) is 6.62. The Kier molecular flexibility index (Phi) is 3.11. The third kappa shape index (κ3) is 2.44. The first-order valence-electron chi connectivity index (χ1n) is 5.88. The molecule has 2 heteroatoms. The Labute approximate surface area is 111 Å². The summed E-state index contributed by atoms with van der Waals surface area (Å²) in [6, 6.07) is 23.1. The fraction of sp³-hybridized carbons (Fsp3) is 0. The van der Waals surface area contributed by atoms with E-state index in [2.05, 4.69) is 65.3 Å². The van der Waals surface area contributed by atoms with Crippen LogP contribution in [0.2, 0.25) is 0 Å². The molecule has 0 saturated heterocycles. The van der Waals surface area contributed by atoms with E-state index in [1.54, 1.807) is 11.3 Å². The van der Waals surface area contributed by atoms with Gasteiger partial charge in [-0.05, 0) is 40.8 Å². The van der Waals surface area contributed by atoms with Crippen LogP contribution in [0, 0.1) is 0 Å². The summed E-state index contributed by atoms with van der Waals surface area (Å²) >= 11 is 1.71. The molecular weight excluding hydrogens is 238 g/mol. The summed E-state index contributed by atoms with van der Waals surface area (Å²) in [5.74, 6) is 0. The van der Waals surface area contributed by atoms with E-state index >= 15 is 0 Å². The van der Waals surface area contributed by atoms with Gasteiger partial charge < -0.3 is 5.32 Å². The topological polar surface area (TPSA) is 12.0 Å². The summed E-state index contributed by atoms with van der Waals surface area (Å²) in [6.45, 7) is 0. The second-order valence-electron chi connectivity index (χ2n) is 4.05. The van der Waals surface area contributed by atoms with Crippen molar-refractivity contribution in [3.8, 4) is 11.1 Å². The fourth-order valence-electron chi connectivity index (χ4n) is 1.87. The summed E-state index contributed by atoms with van der Waals surface area (Å²) in [6.07, 6.45) is 0. The van der Waals surface area contributed by atoms with Gasteiger partial charge in [0.15, 0.2) is 0 Å². The molecule has 0 aliphatic heterocycles. The molecule has 0 aliphatic rings. The zero-order chi connectivity index (χ0) is 12.2. The summed E-state index contributed by atoms with van der Waals surface area (Å²) in [5.41, 5.74) is 3.62. The Bertz CT molecular complexity index is 597. The molecule has 2 aromatic carbocycles. The van der Waals surface area contributed by atoms with Gasteiger partial charge >= 0.3 is 0 Å². The van der Waals surface area contributed by atoms with Crippen LogP contribution < -0.4 is 5.32 Å². The molecule has 0 amide bonds. The van der Waals surface area contributed by atoms with Crippen LogP contribution in [0.25, 0.3) is 11.1 Å². The number of hydrogen-bond donors (Lipinski definition) is 1. The van der Waals surface area contributed by atoms with Crippen LogP contribution in [0.5, 0.6) is 0 Å². The third-order valence-electron chi connectivity index (χ3n) is 2.78. The molecule has 1 heterocycles. The second-order valence-corrected chi connectivity index (χ2v) is 4.99. The summed E-state index contributed by atoms with van der Waals surface area (Å²) < 4.78 is 0. The Balaban J connectivity index is 1.81. The number of thiophene rings is 1. The first-order valence-corrected chi connectivity index (χ1v) is 6.76. The Morgan fingerprint density at radius 3 is 2.06 bits per heavy atom. The van der Waals surface area contributed by atoms with Crippen molar-refractivity contribution in [2.75, 3.05) is 5.32 Å². The smallest absolute Gasteiger partial charge is 0.0926 e. The van der Waals surface area contributed by atoms with Gasteiger partial charge in [-0.25, -0.2) is 0 Å². The lowest BCUT2D eigenvalue weighted by atomic mass is 10.1. The van der Waals surface area contributed by atoms with E-state index in [-0.39, 0.29) is 0 Å². The predicted molar refractivity (Wildman–Crippen MR) is 79.5 cm³/mol. The molecular formula is C16H13NS. The first kappa shape index (κ1) is 11.1. The quantitative estimate of drug-likeness (QED) is 0.678. The van der Waals surface area contributed by atoms with Crippen LogP contribution in [-0.2, 0) is 0 Å². The Morgan fingerprint density at radius 1 is 0.667 bits per heavy atom. The van der Waals surface area contributed by atoms with E-state index in [9.17, 15) is 0 Å². The molecule has 3 aromatic rings. The van der Waals surface area contributed by atoms with Gasteiger partial charge in [0, 0.05) is 5.69 Å². The van der Waals surface area contributed by atoms with Gasteiger partial charge in [-0.15, -0.1) is 11.3 Å². The van der Waals surface area contributed by atoms with Gasteiger partial charge in [0.25, 0.3) is 0 Å². The molecule has 0 aliphatic carbocycles. The lowest BCUT2D eigenvalue weighted by molar-refractivity contribution is 1.58. The van der Waals surface area contributed by atoms with Crippen molar-refractivity contribution in [2.24, 2.45) is 0 Å². The van der Waals surface area contributed by atoms with Gasteiger partial charge in [-0.3, -0.25) is 0 Å². The molecule has 0 atom stereocenters. The number of nitrogens with one attached hydrogen (secondary N) is 1. The molecule has 0 radical (unpaired) electrons. The number of anilines is 2. The minimum Gasteiger partial charge on any atom is -0.347 e. The predicted octanol–water partition coefficient (Wildman–Crippen LogP) is 5.16. The molecule has 0 unspecified atom stereocenters. The highest BCUT2D eigenvalue weighted by molar-refractivity contribution is 7.14. The van der Waals surface area contributed by atoms with Crippen molar-refractivity contribution in [3.63, 3.8) is 0 Å². The number of rotatable bonds is 3. The van der Waals surface area contributed by atoms with Crippen LogP contribution in [0.4, 0.5) is 10.7 Å². The summed E-state index contributed by atoms with van der Waals surface area (Å²) in [4.78, 5) is 0. The van der Waals surface area contributed by atoms with Crippen molar-refractivity contribution >= 4 is 22.0 Å². The van der Waals surface area contributed by atoms with Gasteiger partial charge in [0.1, 0.15) is 0 Å². The van der Waals surface area contributed by atoms with E-state index in [0.717, 1.165) is 5.69 Å². The van der Waals surface area contributed by atoms with Crippen molar-refractivity contribution in [1.82, 2.24) is 0 Å². The molecule has 88 valence electrons. The fourth-order valence-corrected chi connectivity index (χ4v) is 2.51. The highest BCUT2D eigenvalue weighted by Gasteiger charge is 1.98. The Hall–Kier alpha value is -2.06. The van der Waals surface area contributed by atoms with Crippen molar-refractivity contribution < 1.29 is 0 Å². The SMILES string of the molecule is c1ccc(-c2ccc(Nc3cccs3)cc2)cc1. The van der Waals surface area contributed by atoms with E-state index in [1.165, 1.54) is 16.1 Å². The zero-order valence-corrected chi connectivity index (χ0v) is 10.7. The van der Waals surface area contributed by atoms with Crippen LogP contribution in [0.15, 0.2) is 72.1 Å². The lowest BCUT2D eigenvalue weighted by Crippen LogP contribution is -1.86. The third-order valence-corrected chi connectivity index (χ3v) is 3.57. The van der Waals surface area contributed by atoms with E-state index in [1.807, 2.05) is 12.1 Å². The first-order chi connectivity index (χ1) is 8.92. The van der Waals surface area contributed by atoms with Crippen LogP contribution >= 0.6 is 11.3 Å². The Morgan fingerprint density at radius 2 is 1.39 bits per heavy atom. The average molecular weight is 251 g/mol. The standard InChI is InChI=1S/C16H13NS/c1-2-5-13(6-3-1)14-8-10-15(11-9-14)17-16-7-4-12-18-16/h1-12,17H. The molecule has 0 spiro atoms. The normalized spacial score (nSPS) is 10.2. The van der Waals surface area contributed by atoms with E-state index in [0.29, 0.717) is 0 Å². The lowest BCUT2D eigenvalue weighted by Gasteiger charge is -2.05. The van der Waals surface area contributed by atoms with E-state index in [4.69, 9.17) is 0 Å². The minimum absolute atomic E-state index is 1.12. The molecule has 3 rings (SSSR count). The molecule has 0 fully saturated rings. The maximum atomic E-state index is 3.38. The molecule has 1 N–H and O–H groups in total. The van der Waals surface area contributed by atoms with Crippen LogP contribution in [0.1, 0.15) is 0 Å². The number of benzene rings is 2. The monoisotopic (exact) mass is 251 g/mol.